The van der Waals surface area contributed by atoms with E-state index in [1.165, 1.54) is 25.0 Å². The highest BCUT2D eigenvalue weighted by atomic mass is 35.5. The average Bonchev–Trinajstić information content (AvgIpc) is 3.09. The molecule has 0 saturated heterocycles. The largest absolute Gasteiger partial charge is 0.491 e. The van der Waals surface area contributed by atoms with Gasteiger partial charge in [-0.25, -0.2) is 4.39 Å². The van der Waals surface area contributed by atoms with Gasteiger partial charge in [-0.15, -0.1) is 0 Å². The monoisotopic (exact) mass is 258 g/mol. The second kappa shape index (κ2) is 5.21. The Bertz CT molecular complexity index is 410. The fourth-order valence-corrected chi connectivity index (χ4v) is 1.89. The maximum atomic E-state index is 13.3. The van der Waals surface area contributed by atoms with Crippen molar-refractivity contribution < 1.29 is 9.13 Å². The second-order valence-corrected chi connectivity index (χ2v) is 4.81. The van der Waals surface area contributed by atoms with Crippen LogP contribution < -0.4 is 16.2 Å². The summed E-state index contributed by atoms with van der Waals surface area (Å²) in [5.41, 5.74) is 11.9. The van der Waals surface area contributed by atoms with Gasteiger partial charge in [0, 0.05) is 18.2 Å². The quantitative estimate of drug-likeness (QED) is 0.851. The second-order valence-electron chi connectivity index (χ2n) is 4.40. The van der Waals surface area contributed by atoms with Crippen LogP contribution in [0.3, 0.4) is 0 Å². The standard InChI is InChI=1S/C12H16ClFN2O/c13-10-4-8(14)3-9(11(16)5-15)12(10)17-6-7-1-2-7/h3-4,7,11H,1-2,5-6,15-16H2. The van der Waals surface area contributed by atoms with Crippen LogP contribution >= 0.6 is 11.6 Å². The number of hydrogen-bond acceptors (Lipinski definition) is 3. The molecular formula is C12H16ClFN2O. The number of nitrogens with two attached hydrogens (primary N) is 2. The molecule has 0 aliphatic heterocycles. The van der Waals surface area contributed by atoms with E-state index in [1.807, 2.05) is 0 Å². The van der Waals surface area contributed by atoms with Gasteiger partial charge in [-0.3, -0.25) is 0 Å². The van der Waals surface area contributed by atoms with Crippen LogP contribution in [0.2, 0.25) is 5.02 Å². The smallest absolute Gasteiger partial charge is 0.142 e. The van der Waals surface area contributed by atoms with E-state index in [1.54, 1.807) is 0 Å². The zero-order chi connectivity index (χ0) is 12.4. The molecule has 1 unspecified atom stereocenters. The fraction of sp³-hybridized carbons (Fsp3) is 0.500. The van der Waals surface area contributed by atoms with Gasteiger partial charge in [0.15, 0.2) is 0 Å². The summed E-state index contributed by atoms with van der Waals surface area (Å²) >= 11 is 5.98. The maximum Gasteiger partial charge on any atom is 0.142 e. The van der Waals surface area contributed by atoms with Crippen LogP contribution in [0, 0.1) is 11.7 Å². The first-order valence-electron chi connectivity index (χ1n) is 5.69. The Balaban J connectivity index is 2.24. The first kappa shape index (κ1) is 12.6. The van der Waals surface area contributed by atoms with E-state index in [0.717, 1.165) is 0 Å². The van der Waals surface area contributed by atoms with Crippen molar-refractivity contribution >= 4 is 11.6 Å². The van der Waals surface area contributed by atoms with Gasteiger partial charge >= 0.3 is 0 Å². The van der Waals surface area contributed by atoms with Crippen molar-refractivity contribution in [3.05, 3.63) is 28.5 Å². The van der Waals surface area contributed by atoms with Crippen LogP contribution in [0.4, 0.5) is 4.39 Å². The zero-order valence-corrected chi connectivity index (χ0v) is 10.2. The Kier molecular flexibility index (Phi) is 3.86. The third kappa shape index (κ3) is 3.09. The van der Waals surface area contributed by atoms with Gasteiger partial charge in [0.2, 0.25) is 0 Å². The minimum Gasteiger partial charge on any atom is -0.491 e. The first-order valence-corrected chi connectivity index (χ1v) is 6.07. The van der Waals surface area contributed by atoms with Crippen LogP contribution in [0.1, 0.15) is 24.4 Å². The average molecular weight is 259 g/mol. The molecule has 0 radical (unpaired) electrons. The van der Waals surface area contributed by atoms with E-state index in [2.05, 4.69) is 0 Å². The van der Waals surface area contributed by atoms with Crippen molar-refractivity contribution in [2.24, 2.45) is 17.4 Å². The van der Waals surface area contributed by atoms with Crippen LogP contribution in [-0.2, 0) is 0 Å². The maximum absolute atomic E-state index is 13.3. The Morgan fingerprint density at radius 2 is 2.18 bits per heavy atom. The lowest BCUT2D eigenvalue weighted by Gasteiger charge is -2.17. The third-order valence-electron chi connectivity index (χ3n) is 2.85. The van der Waals surface area contributed by atoms with Crippen molar-refractivity contribution in [3.8, 4) is 5.75 Å². The fourth-order valence-electron chi connectivity index (χ4n) is 1.62. The van der Waals surface area contributed by atoms with Gasteiger partial charge in [0.25, 0.3) is 0 Å². The number of rotatable bonds is 5. The molecule has 1 aromatic carbocycles. The summed E-state index contributed by atoms with van der Waals surface area (Å²) in [6.07, 6.45) is 2.36. The summed E-state index contributed by atoms with van der Waals surface area (Å²) in [6, 6.07) is 2.11. The highest BCUT2D eigenvalue weighted by molar-refractivity contribution is 6.32. The summed E-state index contributed by atoms with van der Waals surface area (Å²) in [4.78, 5) is 0. The van der Waals surface area contributed by atoms with Gasteiger partial charge in [-0.1, -0.05) is 11.6 Å². The minimum absolute atomic E-state index is 0.222. The molecular weight excluding hydrogens is 243 g/mol. The van der Waals surface area contributed by atoms with Crippen molar-refractivity contribution in [2.45, 2.75) is 18.9 Å². The lowest BCUT2D eigenvalue weighted by Crippen LogP contribution is -2.22. The molecule has 1 saturated carbocycles. The summed E-state index contributed by atoms with van der Waals surface area (Å²) < 4.78 is 18.9. The van der Waals surface area contributed by atoms with E-state index in [4.69, 9.17) is 27.8 Å². The van der Waals surface area contributed by atoms with E-state index in [-0.39, 0.29) is 11.6 Å². The molecule has 1 aliphatic carbocycles. The molecule has 4 N–H and O–H groups in total. The van der Waals surface area contributed by atoms with E-state index in [0.29, 0.717) is 23.8 Å². The van der Waals surface area contributed by atoms with Gasteiger partial charge in [-0.05, 0) is 30.9 Å². The molecule has 2 rings (SSSR count). The van der Waals surface area contributed by atoms with E-state index < -0.39 is 11.9 Å². The normalized spacial score (nSPS) is 16.9. The summed E-state index contributed by atoms with van der Waals surface area (Å²) in [6.45, 7) is 0.829. The summed E-state index contributed by atoms with van der Waals surface area (Å²) in [5.74, 6) is 0.642. The first-order chi connectivity index (χ1) is 8.11. The number of halogens is 2. The lowest BCUT2D eigenvalue weighted by atomic mass is 10.1. The highest BCUT2D eigenvalue weighted by Gasteiger charge is 2.24. The van der Waals surface area contributed by atoms with Gasteiger partial charge in [0.1, 0.15) is 11.6 Å². The predicted molar refractivity (Wildman–Crippen MR) is 65.6 cm³/mol. The molecule has 0 aromatic heterocycles. The Morgan fingerprint density at radius 3 is 2.76 bits per heavy atom. The Labute approximate surface area is 105 Å². The molecule has 5 heteroatoms. The van der Waals surface area contributed by atoms with Crippen molar-refractivity contribution in [3.63, 3.8) is 0 Å². The third-order valence-corrected chi connectivity index (χ3v) is 3.13. The van der Waals surface area contributed by atoms with Crippen molar-refractivity contribution in [1.82, 2.24) is 0 Å². The Morgan fingerprint density at radius 1 is 1.47 bits per heavy atom. The van der Waals surface area contributed by atoms with E-state index >= 15 is 0 Å². The van der Waals surface area contributed by atoms with Crippen molar-refractivity contribution in [1.29, 1.82) is 0 Å². The number of ether oxygens (including phenoxy) is 1. The van der Waals surface area contributed by atoms with Crippen LogP contribution in [-0.4, -0.2) is 13.2 Å². The van der Waals surface area contributed by atoms with E-state index in [9.17, 15) is 4.39 Å². The predicted octanol–water partition coefficient (Wildman–Crippen LogP) is 2.23. The molecule has 1 fully saturated rings. The molecule has 17 heavy (non-hydrogen) atoms. The summed E-state index contributed by atoms with van der Waals surface area (Å²) in [5, 5.41) is 0.254. The highest BCUT2D eigenvalue weighted by Crippen LogP contribution is 2.36. The van der Waals surface area contributed by atoms with Crippen LogP contribution in [0.25, 0.3) is 0 Å². The van der Waals surface area contributed by atoms with Crippen molar-refractivity contribution in [2.75, 3.05) is 13.2 Å². The molecule has 1 atom stereocenters. The summed E-state index contributed by atoms with van der Waals surface area (Å²) in [7, 11) is 0. The van der Waals surface area contributed by atoms with Gasteiger partial charge in [-0.2, -0.15) is 0 Å². The van der Waals surface area contributed by atoms with Crippen LogP contribution in [0.5, 0.6) is 5.75 Å². The minimum atomic E-state index is -0.461. The molecule has 1 aliphatic rings. The molecule has 94 valence electrons. The molecule has 0 bridgehead atoms. The SMILES string of the molecule is NCC(N)c1cc(F)cc(Cl)c1OCC1CC1. The van der Waals surface area contributed by atoms with Gasteiger partial charge < -0.3 is 16.2 Å². The molecule has 1 aromatic rings. The number of benzene rings is 1. The topological polar surface area (TPSA) is 61.3 Å². The van der Waals surface area contributed by atoms with Gasteiger partial charge in [0.05, 0.1) is 11.6 Å². The molecule has 3 nitrogen and oxygen atoms in total. The molecule has 0 amide bonds. The lowest BCUT2D eigenvalue weighted by molar-refractivity contribution is 0.295. The molecule has 0 spiro atoms. The zero-order valence-electron chi connectivity index (χ0n) is 9.46. The van der Waals surface area contributed by atoms with Crippen LogP contribution in [0.15, 0.2) is 12.1 Å². The number of hydrogen-bond donors (Lipinski definition) is 2. The Hall–Kier alpha value is -0.840. The molecule has 0 heterocycles.